The van der Waals surface area contributed by atoms with Gasteiger partial charge in [-0.05, 0) is 17.7 Å². The van der Waals surface area contributed by atoms with Crippen molar-refractivity contribution in [1.82, 2.24) is 25.9 Å². The molecule has 0 saturated heterocycles. The summed E-state index contributed by atoms with van der Waals surface area (Å²) in [5.74, 6) is 1.43. The predicted molar refractivity (Wildman–Crippen MR) is 113 cm³/mol. The molecule has 0 saturated carbocycles. The molecule has 2 aromatic heterocycles. The van der Waals surface area contributed by atoms with E-state index in [-0.39, 0.29) is 17.4 Å². The van der Waals surface area contributed by atoms with E-state index in [1.54, 1.807) is 0 Å². The van der Waals surface area contributed by atoms with E-state index in [1.807, 2.05) is 39.1 Å². The van der Waals surface area contributed by atoms with Crippen molar-refractivity contribution in [3.63, 3.8) is 0 Å². The van der Waals surface area contributed by atoms with Gasteiger partial charge in [0, 0.05) is 37.1 Å². The first-order valence-corrected chi connectivity index (χ1v) is 10.2. The highest BCUT2D eigenvalue weighted by Crippen LogP contribution is 2.29. The van der Waals surface area contributed by atoms with Gasteiger partial charge in [-0.3, -0.25) is 5.32 Å². The molecule has 10 heteroatoms. The first-order valence-electron chi connectivity index (χ1n) is 9.43. The van der Waals surface area contributed by atoms with Gasteiger partial charge in [-0.25, -0.2) is 9.78 Å². The molecule has 1 atom stereocenters. The highest BCUT2D eigenvalue weighted by atomic mass is 32.1. The third kappa shape index (κ3) is 4.53. The summed E-state index contributed by atoms with van der Waals surface area (Å²) in [5, 5.41) is 14.2. The number of benzene rings is 1. The molecule has 3 heterocycles. The van der Waals surface area contributed by atoms with Crippen LogP contribution in [0.25, 0.3) is 10.2 Å². The first-order chi connectivity index (χ1) is 13.9. The lowest BCUT2D eigenvalue weighted by molar-refractivity contribution is 0.252. The van der Waals surface area contributed by atoms with Gasteiger partial charge in [0.25, 0.3) is 0 Å². The van der Waals surface area contributed by atoms with E-state index in [4.69, 9.17) is 4.52 Å². The minimum Gasteiger partial charge on any atom is -0.339 e. The summed E-state index contributed by atoms with van der Waals surface area (Å²) >= 11 is 1.45. The maximum Gasteiger partial charge on any atom is 0.321 e. The third-order valence-electron chi connectivity index (χ3n) is 4.46. The summed E-state index contributed by atoms with van der Waals surface area (Å²) < 4.78 is 6.28. The van der Waals surface area contributed by atoms with Crippen LogP contribution < -0.4 is 16.1 Å². The van der Waals surface area contributed by atoms with Crippen molar-refractivity contribution in [3.05, 3.63) is 35.5 Å². The van der Waals surface area contributed by atoms with Crippen molar-refractivity contribution < 1.29 is 9.32 Å². The molecule has 3 aromatic rings. The number of hydrogen-bond acceptors (Lipinski definition) is 8. The molecule has 9 nitrogen and oxygen atoms in total. The second-order valence-corrected chi connectivity index (χ2v) is 8.92. The third-order valence-corrected chi connectivity index (χ3v) is 5.40. The fourth-order valence-electron chi connectivity index (χ4n) is 2.86. The highest BCUT2D eigenvalue weighted by molar-refractivity contribution is 7.22. The minimum atomic E-state index is -0.309. The first kappa shape index (κ1) is 19.3. The number of nitrogens with one attached hydrogen (secondary N) is 3. The molecule has 152 valence electrons. The quantitative estimate of drug-likeness (QED) is 0.592. The molecule has 0 radical (unpaired) electrons. The Hall–Kier alpha value is -3.01. The van der Waals surface area contributed by atoms with Gasteiger partial charge in [0.1, 0.15) is 0 Å². The molecule has 4 rings (SSSR count). The topological polar surface area (TPSA) is 117 Å². The van der Waals surface area contributed by atoms with Gasteiger partial charge in [-0.15, -0.1) is 0 Å². The van der Waals surface area contributed by atoms with E-state index in [1.165, 1.54) is 16.9 Å². The van der Waals surface area contributed by atoms with Crippen molar-refractivity contribution in [2.75, 3.05) is 18.4 Å². The largest absolute Gasteiger partial charge is 0.339 e. The zero-order valence-corrected chi connectivity index (χ0v) is 17.3. The summed E-state index contributed by atoms with van der Waals surface area (Å²) in [6.45, 7) is 7.23. The van der Waals surface area contributed by atoms with Gasteiger partial charge in [-0.2, -0.15) is 10.1 Å². The van der Waals surface area contributed by atoms with E-state index >= 15 is 0 Å². The lowest BCUT2D eigenvalue weighted by atomic mass is 9.97. The Morgan fingerprint density at radius 3 is 2.93 bits per heavy atom. The van der Waals surface area contributed by atoms with E-state index in [2.05, 4.69) is 42.4 Å². The lowest BCUT2D eigenvalue weighted by Crippen LogP contribution is -2.30. The van der Waals surface area contributed by atoms with Crippen LogP contribution >= 0.6 is 11.3 Å². The summed E-state index contributed by atoms with van der Waals surface area (Å²) in [5.41, 5.74) is 4.82. The molecule has 1 aliphatic rings. The number of fused-ring (bicyclic) bond motifs is 1. The lowest BCUT2D eigenvalue weighted by Gasteiger charge is -2.10. The number of aromatic nitrogens is 3. The average molecular weight is 414 g/mol. The van der Waals surface area contributed by atoms with Crippen LogP contribution in [0.1, 0.15) is 44.0 Å². The molecule has 0 fully saturated rings. The molecule has 0 bridgehead atoms. The molecule has 1 aromatic carbocycles. The monoisotopic (exact) mass is 413 g/mol. The number of anilines is 1. The van der Waals surface area contributed by atoms with Gasteiger partial charge in [-0.1, -0.05) is 43.3 Å². The van der Waals surface area contributed by atoms with Crippen LogP contribution in [0.4, 0.5) is 9.93 Å². The molecule has 0 aliphatic carbocycles. The van der Waals surface area contributed by atoms with Crippen molar-refractivity contribution in [3.8, 4) is 0 Å². The molecule has 1 aliphatic heterocycles. The van der Waals surface area contributed by atoms with E-state index in [0.717, 1.165) is 16.8 Å². The fourth-order valence-corrected chi connectivity index (χ4v) is 3.77. The Kier molecular flexibility index (Phi) is 5.18. The Labute approximate surface area is 172 Å². The van der Waals surface area contributed by atoms with Crippen molar-refractivity contribution in [1.29, 1.82) is 0 Å². The van der Waals surface area contributed by atoms with Crippen LogP contribution in [-0.4, -0.2) is 40.5 Å². The van der Waals surface area contributed by atoms with Crippen molar-refractivity contribution in [2.24, 2.45) is 5.10 Å². The molecule has 2 amide bonds. The second-order valence-electron chi connectivity index (χ2n) is 7.89. The number of carbonyl (C=O) groups is 1. The summed E-state index contributed by atoms with van der Waals surface area (Å²) in [7, 11) is 0. The molecular weight excluding hydrogens is 390 g/mol. The summed E-state index contributed by atoms with van der Waals surface area (Å²) in [6.07, 6.45) is 2.40. The molecule has 0 spiro atoms. The van der Waals surface area contributed by atoms with Crippen LogP contribution in [-0.2, 0) is 11.8 Å². The van der Waals surface area contributed by atoms with Crippen molar-refractivity contribution >= 4 is 38.9 Å². The molecular formula is C19H23N7O2S. The number of rotatable bonds is 5. The molecule has 3 N–H and O–H groups in total. The second kappa shape index (κ2) is 7.78. The summed E-state index contributed by atoms with van der Waals surface area (Å²) in [4.78, 5) is 21.0. The van der Waals surface area contributed by atoms with Crippen molar-refractivity contribution in [2.45, 2.75) is 38.5 Å². The standard InChI is InChI=1S/C19H23N7O2S/c1-19(2,3)16-24-15(26-28-16)6-7-20-17(27)25-18-23-13-5-4-11(8-14(13)29-18)12-9-21-22-10-12/h4-5,8-9,12,22H,6-7,10H2,1-3H3,(H2,20,23,25,27). The Balaban J connectivity index is 1.31. The number of urea groups is 1. The van der Waals surface area contributed by atoms with Crippen LogP contribution in [0, 0.1) is 0 Å². The number of nitrogens with zero attached hydrogens (tertiary/aromatic N) is 4. The maximum atomic E-state index is 12.2. The Bertz CT molecular complexity index is 1050. The van der Waals surface area contributed by atoms with Crippen LogP contribution in [0.3, 0.4) is 0 Å². The normalized spacial score (nSPS) is 16.2. The Morgan fingerprint density at radius 1 is 1.34 bits per heavy atom. The SMILES string of the molecule is CC(C)(C)c1nc(CCNC(=O)Nc2nc3ccc(C4C=NNC4)cc3s2)no1. The summed E-state index contributed by atoms with van der Waals surface area (Å²) in [6, 6.07) is 5.81. The highest BCUT2D eigenvalue weighted by Gasteiger charge is 2.21. The van der Waals surface area contributed by atoms with E-state index in [0.29, 0.717) is 29.8 Å². The number of hydrazone groups is 1. The maximum absolute atomic E-state index is 12.2. The minimum absolute atomic E-state index is 0.191. The Morgan fingerprint density at radius 2 is 2.21 bits per heavy atom. The zero-order chi connectivity index (χ0) is 20.4. The fraction of sp³-hybridized carbons (Fsp3) is 0.421. The van der Waals surface area contributed by atoms with Gasteiger partial charge >= 0.3 is 6.03 Å². The van der Waals surface area contributed by atoms with Crippen LogP contribution in [0.5, 0.6) is 0 Å². The smallest absolute Gasteiger partial charge is 0.321 e. The van der Waals surface area contributed by atoms with Gasteiger partial charge in [0.2, 0.25) is 5.89 Å². The zero-order valence-electron chi connectivity index (χ0n) is 16.5. The number of amides is 2. The van der Waals surface area contributed by atoms with Gasteiger partial charge < -0.3 is 15.3 Å². The van der Waals surface area contributed by atoms with Gasteiger partial charge in [0.05, 0.1) is 10.2 Å². The number of carbonyl (C=O) groups excluding carboxylic acids is 1. The molecule has 29 heavy (non-hydrogen) atoms. The van der Waals surface area contributed by atoms with Gasteiger partial charge in [0.15, 0.2) is 11.0 Å². The van der Waals surface area contributed by atoms with E-state index < -0.39 is 0 Å². The van der Waals surface area contributed by atoms with E-state index in [9.17, 15) is 4.79 Å². The number of thiazole rings is 1. The van der Waals surface area contributed by atoms with Crippen LogP contribution in [0.15, 0.2) is 27.8 Å². The average Bonchev–Trinajstić information content (AvgIpc) is 3.40. The number of hydrogen-bond donors (Lipinski definition) is 3. The molecule has 1 unspecified atom stereocenters. The van der Waals surface area contributed by atoms with Crippen LogP contribution in [0.2, 0.25) is 0 Å². The predicted octanol–water partition coefficient (Wildman–Crippen LogP) is 3.01.